The van der Waals surface area contributed by atoms with Gasteiger partial charge in [0.15, 0.2) is 0 Å². The van der Waals surface area contributed by atoms with Crippen LogP contribution in [0.25, 0.3) is 0 Å². The number of nitrogens with one attached hydrogen (secondary N) is 2. The molecule has 1 heterocycles. The van der Waals surface area contributed by atoms with Crippen molar-refractivity contribution in [2.45, 2.75) is 13.0 Å². The highest BCUT2D eigenvalue weighted by atomic mass is 16.3. The SMILES string of the molecule is O=C(CCn1ccc(=O)[nH]c1=O)NCCO. The maximum Gasteiger partial charge on any atom is 0.328 e. The second-order valence-electron chi connectivity index (χ2n) is 3.13. The summed E-state index contributed by atoms with van der Waals surface area (Å²) in [7, 11) is 0. The van der Waals surface area contributed by atoms with E-state index in [2.05, 4.69) is 10.3 Å². The monoisotopic (exact) mass is 227 g/mol. The van der Waals surface area contributed by atoms with Gasteiger partial charge in [-0.1, -0.05) is 0 Å². The molecule has 0 aliphatic carbocycles. The maximum atomic E-state index is 11.2. The van der Waals surface area contributed by atoms with Crippen LogP contribution in [-0.2, 0) is 11.3 Å². The Labute approximate surface area is 90.7 Å². The number of aromatic nitrogens is 2. The minimum Gasteiger partial charge on any atom is -0.395 e. The Morgan fingerprint density at radius 3 is 2.88 bits per heavy atom. The molecule has 0 atom stereocenters. The van der Waals surface area contributed by atoms with Crippen LogP contribution in [0.3, 0.4) is 0 Å². The molecular formula is C9H13N3O4. The van der Waals surface area contributed by atoms with E-state index in [-0.39, 0.29) is 32.0 Å². The molecule has 0 radical (unpaired) electrons. The lowest BCUT2D eigenvalue weighted by molar-refractivity contribution is -0.121. The van der Waals surface area contributed by atoms with E-state index in [4.69, 9.17) is 5.11 Å². The highest BCUT2D eigenvalue weighted by Crippen LogP contribution is 1.84. The largest absolute Gasteiger partial charge is 0.395 e. The quantitative estimate of drug-likeness (QED) is 0.543. The van der Waals surface area contributed by atoms with Crippen molar-refractivity contribution in [3.8, 4) is 0 Å². The van der Waals surface area contributed by atoms with E-state index in [0.29, 0.717) is 0 Å². The van der Waals surface area contributed by atoms with Crippen molar-refractivity contribution >= 4 is 5.91 Å². The van der Waals surface area contributed by atoms with Gasteiger partial charge in [0.1, 0.15) is 0 Å². The van der Waals surface area contributed by atoms with Crippen LogP contribution in [0.2, 0.25) is 0 Å². The predicted molar refractivity (Wildman–Crippen MR) is 56.0 cm³/mol. The Morgan fingerprint density at radius 2 is 2.25 bits per heavy atom. The van der Waals surface area contributed by atoms with Crippen LogP contribution in [0.1, 0.15) is 6.42 Å². The third-order valence-electron chi connectivity index (χ3n) is 1.91. The van der Waals surface area contributed by atoms with E-state index >= 15 is 0 Å². The molecule has 1 rings (SSSR count). The second-order valence-corrected chi connectivity index (χ2v) is 3.13. The molecular weight excluding hydrogens is 214 g/mol. The Balaban J connectivity index is 2.52. The van der Waals surface area contributed by atoms with Crippen molar-refractivity contribution in [3.63, 3.8) is 0 Å². The molecule has 0 bridgehead atoms. The number of nitrogens with zero attached hydrogens (tertiary/aromatic N) is 1. The second kappa shape index (κ2) is 5.86. The summed E-state index contributed by atoms with van der Waals surface area (Å²) < 4.78 is 1.24. The average molecular weight is 227 g/mol. The summed E-state index contributed by atoms with van der Waals surface area (Å²) in [6.45, 7) is 0.260. The van der Waals surface area contributed by atoms with Crippen LogP contribution in [0.4, 0.5) is 0 Å². The number of H-pyrrole nitrogens is 1. The highest BCUT2D eigenvalue weighted by molar-refractivity contribution is 5.75. The van der Waals surface area contributed by atoms with E-state index in [9.17, 15) is 14.4 Å². The smallest absolute Gasteiger partial charge is 0.328 e. The van der Waals surface area contributed by atoms with Crippen LogP contribution in [0.5, 0.6) is 0 Å². The first-order valence-corrected chi connectivity index (χ1v) is 4.81. The van der Waals surface area contributed by atoms with Gasteiger partial charge < -0.3 is 15.0 Å². The molecule has 1 aromatic heterocycles. The third kappa shape index (κ3) is 3.70. The zero-order valence-electron chi connectivity index (χ0n) is 8.60. The summed E-state index contributed by atoms with van der Waals surface area (Å²) in [6, 6.07) is 1.22. The average Bonchev–Trinajstić information content (AvgIpc) is 2.25. The Kier molecular flexibility index (Phi) is 4.46. The maximum absolute atomic E-state index is 11.2. The number of amides is 1. The van der Waals surface area contributed by atoms with E-state index in [1.807, 2.05) is 0 Å². The molecule has 88 valence electrons. The first-order chi connectivity index (χ1) is 7.63. The molecule has 16 heavy (non-hydrogen) atoms. The number of hydrogen-bond donors (Lipinski definition) is 3. The molecule has 0 saturated carbocycles. The zero-order valence-corrected chi connectivity index (χ0v) is 8.60. The lowest BCUT2D eigenvalue weighted by Gasteiger charge is -2.04. The van der Waals surface area contributed by atoms with Gasteiger partial charge in [-0.2, -0.15) is 0 Å². The van der Waals surface area contributed by atoms with Gasteiger partial charge in [0, 0.05) is 31.8 Å². The summed E-state index contributed by atoms with van der Waals surface area (Å²) in [5.41, 5.74) is -1.01. The molecule has 7 heteroatoms. The van der Waals surface area contributed by atoms with Crippen LogP contribution in [0, 0.1) is 0 Å². The summed E-state index contributed by atoms with van der Waals surface area (Å²) in [5.74, 6) is -0.257. The van der Waals surface area contributed by atoms with Gasteiger partial charge in [-0.3, -0.25) is 14.6 Å². The van der Waals surface area contributed by atoms with E-state index in [0.717, 1.165) is 0 Å². The van der Waals surface area contributed by atoms with Gasteiger partial charge in [0.25, 0.3) is 5.56 Å². The van der Waals surface area contributed by atoms with Crippen LogP contribution < -0.4 is 16.6 Å². The molecule has 0 aliphatic heterocycles. The number of hydrogen-bond acceptors (Lipinski definition) is 4. The van der Waals surface area contributed by atoms with Crippen molar-refractivity contribution in [2.75, 3.05) is 13.2 Å². The van der Waals surface area contributed by atoms with Gasteiger partial charge >= 0.3 is 5.69 Å². The van der Waals surface area contributed by atoms with Crippen molar-refractivity contribution in [3.05, 3.63) is 33.1 Å². The van der Waals surface area contributed by atoms with E-state index in [1.165, 1.54) is 16.8 Å². The molecule has 1 amide bonds. The minimum atomic E-state index is -0.539. The van der Waals surface area contributed by atoms with Crippen molar-refractivity contribution in [2.24, 2.45) is 0 Å². The molecule has 0 aromatic carbocycles. The minimum absolute atomic E-state index is 0.117. The molecule has 0 aliphatic rings. The lowest BCUT2D eigenvalue weighted by Crippen LogP contribution is -2.32. The Morgan fingerprint density at radius 1 is 1.50 bits per heavy atom. The van der Waals surface area contributed by atoms with Crippen LogP contribution in [0.15, 0.2) is 21.9 Å². The number of aliphatic hydroxyl groups excluding tert-OH is 1. The summed E-state index contributed by atoms with van der Waals surface area (Å²) in [5, 5.41) is 10.9. The number of carbonyl (C=O) groups excluding carboxylic acids is 1. The number of carbonyl (C=O) groups is 1. The molecule has 0 unspecified atom stereocenters. The Bertz CT molecular complexity index is 462. The number of aromatic amines is 1. The topological polar surface area (TPSA) is 104 Å². The predicted octanol–water partition coefficient (Wildman–Crippen LogP) is -1.96. The lowest BCUT2D eigenvalue weighted by atomic mass is 10.4. The molecule has 3 N–H and O–H groups in total. The molecule has 0 spiro atoms. The summed E-state index contributed by atoms with van der Waals surface area (Å²) in [6.07, 6.45) is 1.45. The van der Waals surface area contributed by atoms with E-state index < -0.39 is 11.2 Å². The van der Waals surface area contributed by atoms with Gasteiger partial charge in [0.05, 0.1) is 6.61 Å². The summed E-state index contributed by atoms with van der Waals surface area (Å²) in [4.78, 5) is 35.2. The zero-order chi connectivity index (χ0) is 12.0. The fourth-order valence-corrected chi connectivity index (χ4v) is 1.13. The molecule has 1 aromatic rings. The Hall–Kier alpha value is -1.89. The van der Waals surface area contributed by atoms with Crippen molar-refractivity contribution in [1.29, 1.82) is 0 Å². The van der Waals surface area contributed by atoms with E-state index in [1.54, 1.807) is 0 Å². The van der Waals surface area contributed by atoms with Crippen molar-refractivity contribution in [1.82, 2.24) is 14.9 Å². The van der Waals surface area contributed by atoms with Crippen molar-refractivity contribution < 1.29 is 9.90 Å². The van der Waals surface area contributed by atoms with Crippen LogP contribution >= 0.6 is 0 Å². The normalized spacial score (nSPS) is 10.1. The third-order valence-corrected chi connectivity index (χ3v) is 1.91. The fourth-order valence-electron chi connectivity index (χ4n) is 1.13. The highest BCUT2D eigenvalue weighted by Gasteiger charge is 2.02. The van der Waals surface area contributed by atoms with Crippen LogP contribution in [-0.4, -0.2) is 33.7 Å². The van der Waals surface area contributed by atoms with Gasteiger partial charge in [-0.05, 0) is 0 Å². The van der Waals surface area contributed by atoms with Gasteiger partial charge in [0.2, 0.25) is 5.91 Å². The molecule has 0 saturated heterocycles. The summed E-state index contributed by atoms with van der Waals surface area (Å²) >= 11 is 0. The number of rotatable bonds is 5. The number of aryl methyl sites for hydroxylation is 1. The fraction of sp³-hybridized carbons (Fsp3) is 0.444. The first-order valence-electron chi connectivity index (χ1n) is 4.81. The molecule has 7 nitrogen and oxygen atoms in total. The first kappa shape index (κ1) is 12.2. The standard InChI is InChI=1S/C9H13N3O4/c13-6-3-10-7(14)1-4-12-5-2-8(15)11-9(12)16/h2,5,13H,1,3-4,6H2,(H,10,14)(H,11,15,16). The van der Waals surface area contributed by atoms with Gasteiger partial charge in [-0.25, -0.2) is 4.79 Å². The number of aliphatic hydroxyl groups is 1. The van der Waals surface area contributed by atoms with Gasteiger partial charge in [-0.15, -0.1) is 0 Å². The molecule has 0 fully saturated rings.